The lowest BCUT2D eigenvalue weighted by Gasteiger charge is -2.24. The second kappa shape index (κ2) is 5.00. The van der Waals surface area contributed by atoms with Crippen LogP contribution in [-0.4, -0.2) is 64.7 Å². The maximum absolute atomic E-state index is 12.1. The molecule has 6 nitrogen and oxygen atoms in total. The van der Waals surface area contributed by atoms with Gasteiger partial charge in [0.2, 0.25) is 0 Å². The van der Waals surface area contributed by atoms with Crippen LogP contribution in [0.5, 0.6) is 0 Å². The number of urea groups is 1. The third-order valence-corrected chi connectivity index (χ3v) is 4.41. The monoisotopic (exact) mass is 267 g/mol. The molecule has 0 bridgehead atoms. The molecule has 0 spiro atoms. The molecule has 106 valence electrons. The molecule has 2 heterocycles. The van der Waals surface area contributed by atoms with Gasteiger partial charge in [-0.1, -0.05) is 0 Å². The summed E-state index contributed by atoms with van der Waals surface area (Å²) in [5, 5.41) is 12.1. The summed E-state index contributed by atoms with van der Waals surface area (Å²) in [6.07, 6.45) is 4.90. The number of amides is 2. The Bertz CT molecular complexity index is 383. The van der Waals surface area contributed by atoms with E-state index in [1.165, 1.54) is 17.7 Å². The summed E-state index contributed by atoms with van der Waals surface area (Å²) in [6, 6.07) is 0.0806. The van der Waals surface area contributed by atoms with Crippen LogP contribution >= 0.6 is 0 Å². The van der Waals surface area contributed by atoms with Crippen LogP contribution in [0.1, 0.15) is 32.1 Å². The predicted octanol–water partition coefficient (Wildman–Crippen LogP) is 0.482. The number of nitrogens with zero attached hydrogens (tertiary/aromatic N) is 2. The van der Waals surface area contributed by atoms with Crippen molar-refractivity contribution in [1.29, 1.82) is 0 Å². The minimum Gasteiger partial charge on any atom is -0.480 e. The Morgan fingerprint density at radius 1 is 1.11 bits per heavy atom. The normalized spacial score (nSPS) is 31.7. The van der Waals surface area contributed by atoms with Crippen LogP contribution in [0.3, 0.4) is 0 Å². The number of carbonyl (C=O) groups excluding carboxylic acids is 1. The fourth-order valence-electron chi connectivity index (χ4n) is 3.20. The first kappa shape index (κ1) is 12.7. The van der Waals surface area contributed by atoms with Crippen molar-refractivity contribution in [1.82, 2.24) is 15.1 Å². The molecule has 0 radical (unpaired) electrons. The third kappa shape index (κ3) is 2.68. The van der Waals surface area contributed by atoms with Gasteiger partial charge in [0.05, 0.1) is 0 Å². The number of nitrogens with one attached hydrogen (secondary N) is 1. The standard InChI is InChI=1S/C13H21N3O3/c17-12(18)11-2-1-6-16(11)13(19)14-9-5-7-15(8-9)10-3-4-10/h9-11H,1-8H2,(H,14,19)(H,17,18). The SMILES string of the molecule is O=C(O)C1CCCN1C(=O)NC1CCN(C2CC2)C1. The van der Waals surface area contributed by atoms with Crippen LogP contribution < -0.4 is 5.32 Å². The van der Waals surface area contributed by atoms with Gasteiger partial charge in [-0.05, 0) is 32.1 Å². The van der Waals surface area contributed by atoms with Gasteiger partial charge in [0.25, 0.3) is 0 Å². The van der Waals surface area contributed by atoms with Crippen molar-refractivity contribution in [3.8, 4) is 0 Å². The molecule has 2 unspecified atom stereocenters. The lowest BCUT2D eigenvalue weighted by atomic mass is 10.2. The van der Waals surface area contributed by atoms with E-state index in [1.54, 1.807) is 0 Å². The topological polar surface area (TPSA) is 72.9 Å². The molecule has 2 aliphatic heterocycles. The highest BCUT2D eigenvalue weighted by molar-refractivity contribution is 5.83. The summed E-state index contributed by atoms with van der Waals surface area (Å²) < 4.78 is 0. The second-order valence-electron chi connectivity index (χ2n) is 5.85. The van der Waals surface area contributed by atoms with E-state index in [2.05, 4.69) is 10.2 Å². The van der Waals surface area contributed by atoms with Gasteiger partial charge in [0.1, 0.15) is 6.04 Å². The second-order valence-corrected chi connectivity index (χ2v) is 5.85. The highest BCUT2D eigenvalue weighted by Crippen LogP contribution is 2.30. The Morgan fingerprint density at radius 2 is 1.89 bits per heavy atom. The molecule has 0 aromatic heterocycles. The number of rotatable bonds is 3. The minimum absolute atomic E-state index is 0.183. The van der Waals surface area contributed by atoms with Crippen molar-refractivity contribution < 1.29 is 14.7 Å². The molecule has 3 fully saturated rings. The molecule has 1 saturated carbocycles. The largest absolute Gasteiger partial charge is 0.480 e. The predicted molar refractivity (Wildman–Crippen MR) is 68.9 cm³/mol. The summed E-state index contributed by atoms with van der Waals surface area (Å²) in [4.78, 5) is 27.1. The summed E-state index contributed by atoms with van der Waals surface area (Å²) in [5.41, 5.74) is 0. The lowest BCUT2D eigenvalue weighted by Crippen LogP contribution is -2.49. The first-order chi connectivity index (χ1) is 9.15. The smallest absolute Gasteiger partial charge is 0.326 e. The molecule has 0 aromatic rings. The van der Waals surface area contributed by atoms with Gasteiger partial charge in [-0.15, -0.1) is 0 Å². The van der Waals surface area contributed by atoms with Crippen molar-refractivity contribution in [2.75, 3.05) is 19.6 Å². The molecule has 3 rings (SSSR count). The Labute approximate surface area is 112 Å². The van der Waals surface area contributed by atoms with Gasteiger partial charge in [-0.3, -0.25) is 4.90 Å². The molecular formula is C13H21N3O3. The summed E-state index contributed by atoms with van der Waals surface area (Å²) in [5.74, 6) is -0.890. The van der Waals surface area contributed by atoms with Gasteiger partial charge in [-0.2, -0.15) is 0 Å². The van der Waals surface area contributed by atoms with E-state index in [-0.39, 0.29) is 12.1 Å². The number of carboxylic acid groups (broad SMARTS) is 1. The summed E-state index contributed by atoms with van der Waals surface area (Å²) in [6.45, 7) is 2.53. The van der Waals surface area contributed by atoms with E-state index >= 15 is 0 Å². The highest BCUT2D eigenvalue weighted by atomic mass is 16.4. The minimum atomic E-state index is -0.890. The third-order valence-electron chi connectivity index (χ3n) is 4.41. The molecular weight excluding hydrogens is 246 g/mol. The maximum atomic E-state index is 12.1. The van der Waals surface area contributed by atoms with Gasteiger partial charge in [0, 0.05) is 31.7 Å². The van der Waals surface area contributed by atoms with E-state index in [9.17, 15) is 9.59 Å². The Balaban J connectivity index is 1.52. The van der Waals surface area contributed by atoms with E-state index in [1.807, 2.05) is 0 Å². The van der Waals surface area contributed by atoms with Crippen LogP contribution in [-0.2, 0) is 4.79 Å². The number of carbonyl (C=O) groups is 2. The summed E-state index contributed by atoms with van der Waals surface area (Å²) in [7, 11) is 0. The molecule has 2 saturated heterocycles. The van der Waals surface area contributed by atoms with Gasteiger partial charge in [-0.25, -0.2) is 9.59 Å². The van der Waals surface area contributed by atoms with E-state index in [0.29, 0.717) is 13.0 Å². The highest BCUT2D eigenvalue weighted by Gasteiger charge is 2.38. The average Bonchev–Trinajstić information content (AvgIpc) is 2.92. The Morgan fingerprint density at radius 3 is 2.58 bits per heavy atom. The van der Waals surface area contributed by atoms with Gasteiger partial charge in [0.15, 0.2) is 0 Å². The fourth-order valence-corrected chi connectivity index (χ4v) is 3.20. The average molecular weight is 267 g/mol. The van der Waals surface area contributed by atoms with Crippen LogP contribution in [0, 0.1) is 0 Å². The molecule has 2 atom stereocenters. The first-order valence-electron chi connectivity index (χ1n) is 7.19. The number of carboxylic acids is 1. The molecule has 0 aromatic carbocycles. The molecule has 1 aliphatic carbocycles. The van der Waals surface area contributed by atoms with Gasteiger partial charge < -0.3 is 15.3 Å². The van der Waals surface area contributed by atoms with Crippen molar-refractivity contribution in [3.05, 3.63) is 0 Å². The molecule has 6 heteroatoms. The Hall–Kier alpha value is -1.30. The fraction of sp³-hybridized carbons (Fsp3) is 0.846. The number of likely N-dealkylation sites (tertiary alicyclic amines) is 2. The quantitative estimate of drug-likeness (QED) is 0.780. The van der Waals surface area contributed by atoms with Gasteiger partial charge >= 0.3 is 12.0 Å². The molecule has 19 heavy (non-hydrogen) atoms. The van der Waals surface area contributed by atoms with Crippen molar-refractivity contribution in [2.24, 2.45) is 0 Å². The zero-order chi connectivity index (χ0) is 13.4. The van der Waals surface area contributed by atoms with Crippen molar-refractivity contribution >= 4 is 12.0 Å². The van der Waals surface area contributed by atoms with E-state index in [0.717, 1.165) is 32.0 Å². The summed E-state index contributed by atoms with van der Waals surface area (Å²) >= 11 is 0. The van der Waals surface area contributed by atoms with Crippen LogP contribution in [0.4, 0.5) is 4.79 Å². The molecule has 2 N–H and O–H groups in total. The number of hydrogen-bond acceptors (Lipinski definition) is 3. The number of aliphatic carboxylic acids is 1. The van der Waals surface area contributed by atoms with Crippen LogP contribution in [0.15, 0.2) is 0 Å². The van der Waals surface area contributed by atoms with Crippen LogP contribution in [0.25, 0.3) is 0 Å². The molecule has 3 aliphatic rings. The number of hydrogen-bond donors (Lipinski definition) is 2. The maximum Gasteiger partial charge on any atom is 0.326 e. The molecule has 2 amide bonds. The first-order valence-corrected chi connectivity index (χ1v) is 7.19. The zero-order valence-electron chi connectivity index (χ0n) is 11.0. The lowest BCUT2D eigenvalue weighted by molar-refractivity contribution is -0.141. The van der Waals surface area contributed by atoms with Crippen LogP contribution in [0.2, 0.25) is 0 Å². The zero-order valence-corrected chi connectivity index (χ0v) is 11.0. The van der Waals surface area contributed by atoms with E-state index in [4.69, 9.17) is 5.11 Å². The van der Waals surface area contributed by atoms with E-state index < -0.39 is 12.0 Å². The van der Waals surface area contributed by atoms with Crippen molar-refractivity contribution in [3.63, 3.8) is 0 Å². The Kier molecular flexibility index (Phi) is 3.35. The van der Waals surface area contributed by atoms with Crippen molar-refractivity contribution in [2.45, 2.75) is 50.2 Å².